The average Bonchev–Trinajstić information content (AvgIpc) is 2.92. The standard InChI is InChI=1S/C15H23NO3S/c1-12(17)14-7-4-8-15(11-14)20(18,19)16-10-9-13-5-2-3-6-13/h4,7-8,11-13,16-17H,2-3,5-6,9-10H2,1H3. The van der Waals surface area contributed by atoms with Crippen LogP contribution in [0.2, 0.25) is 0 Å². The average molecular weight is 297 g/mol. The van der Waals surface area contributed by atoms with Gasteiger partial charge in [0.2, 0.25) is 10.0 Å². The molecule has 0 heterocycles. The van der Waals surface area contributed by atoms with Crippen molar-refractivity contribution in [2.75, 3.05) is 6.54 Å². The van der Waals surface area contributed by atoms with Crippen LogP contribution in [0, 0.1) is 5.92 Å². The molecular formula is C15H23NO3S. The molecule has 1 fully saturated rings. The number of sulfonamides is 1. The summed E-state index contributed by atoms with van der Waals surface area (Å²) < 4.78 is 27.0. The summed E-state index contributed by atoms with van der Waals surface area (Å²) in [6.45, 7) is 2.12. The fourth-order valence-electron chi connectivity index (χ4n) is 2.72. The van der Waals surface area contributed by atoms with E-state index in [4.69, 9.17) is 0 Å². The summed E-state index contributed by atoms with van der Waals surface area (Å²) in [5.41, 5.74) is 0.615. The Balaban J connectivity index is 1.96. The van der Waals surface area contributed by atoms with Gasteiger partial charge >= 0.3 is 0 Å². The molecule has 5 heteroatoms. The highest BCUT2D eigenvalue weighted by molar-refractivity contribution is 7.89. The van der Waals surface area contributed by atoms with Crippen LogP contribution in [0.5, 0.6) is 0 Å². The van der Waals surface area contributed by atoms with Crippen LogP contribution in [0.25, 0.3) is 0 Å². The summed E-state index contributed by atoms with van der Waals surface area (Å²) in [5, 5.41) is 9.52. The Morgan fingerprint density at radius 2 is 2.05 bits per heavy atom. The number of aliphatic hydroxyl groups excluding tert-OH is 1. The zero-order chi connectivity index (χ0) is 14.6. The van der Waals surface area contributed by atoms with Gasteiger partial charge < -0.3 is 5.11 Å². The predicted octanol–water partition coefficient (Wildman–Crippen LogP) is 2.60. The molecule has 0 amide bonds. The van der Waals surface area contributed by atoms with Crippen LogP contribution in [0.3, 0.4) is 0 Å². The molecule has 1 atom stereocenters. The lowest BCUT2D eigenvalue weighted by molar-refractivity contribution is 0.199. The van der Waals surface area contributed by atoms with Gasteiger partial charge in [-0.15, -0.1) is 0 Å². The van der Waals surface area contributed by atoms with Gasteiger partial charge in [0.25, 0.3) is 0 Å². The second kappa shape index (κ2) is 6.70. The third-order valence-corrected chi connectivity index (χ3v) is 5.43. The number of aliphatic hydroxyl groups is 1. The van der Waals surface area contributed by atoms with Crippen LogP contribution in [0.1, 0.15) is 50.7 Å². The van der Waals surface area contributed by atoms with Crippen molar-refractivity contribution in [3.8, 4) is 0 Å². The van der Waals surface area contributed by atoms with Crippen molar-refractivity contribution in [2.24, 2.45) is 5.92 Å². The Hall–Kier alpha value is -0.910. The normalized spacial score (nSPS) is 18.3. The lowest BCUT2D eigenvalue weighted by Crippen LogP contribution is -2.26. The lowest BCUT2D eigenvalue weighted by atomic mass is 10.1. The van der Waals surface area contributed by atoms with E-state index in [2.05, 4.69) is 4.72 Å². The molecule has 1 aromatic carbocycles. The topological polar surface area (TPSA) is 66.4 Å². The quantitative estimate of drug-likeness (QED) is 0.848. The van der Waals surface area contributed by atoms with Crippen molar-refractivity contribution in [1.29, 1.82) is 0 Å². The SMILES string of the molecule is CC(O)c1cccc(S(=O)(=O)NCCC2CCCC2)c1. The number of hydrogen-bond donors (Lipinski definition) is 2. The smallest absolute Gasteiger partial charge is 0.240 e. The summed E-state index contributed by atoms with van der Waals surface area (Å²) in [6.07, 6.45) is 5.24. The van der Waals surface area contributed by atoms with Crippen LogP contribution < -0.4 is 4.72 Å². The van der Waals surface area contributed by atoms with Gasteiger partial charge in [0.05, 0.1) is 11.0 Å². The van der Waals surface area contributed by atoms with Crippen LogP contribution in [-0.4, -0.2) is 20.1 Å². The maximum atomic E-state index is 12.2. The van der Waals surface area contributed by atoms with E-state index in [9.17, 15) is 13.5 Å². The highest BCUT2D eigenvalue weighted by atomic mass is 32.2. The first-order chi connectivity index (χ1) is 9.49. The first-order valence-electron chi connectivity index (χ1n) is 7.27. The fraction of sp³-hybridized carbons (Fsp3) is 0.600. The van der Waals surface area contributed by atoms with Gasteiger partial charge in [-0.25, -0.2) is 13.1 Å². The molecule has 0 radical (unpaired) electrons. The molecule has 2 N–H and O–H groups in total. The van der Waals surface area contributed by atoms with Gasteiger partial charge in [-0.3, -0.25) is 0 Å². The predicted molar refractivity (Wildman–Crippen MR) is 78.8 cm³/mol. The Morgan fingerprint density at radius 1 is 1.35 bits per heavy atom. The molecule has 1 saturated carbocycles. The Morgan fingerprint density at radius 3 is 2.70 bits per heavy atom. The summed E-state index contributed by atoms with van der Waals surface area (Å²) in [6, 6.07) is 6.47. The molecule has 1 aromatic rings. The van der Waals surface area contributed by atoms with Crippen LogP contribution >= 0.6 is 0 Å². The largest absolute Gasteiger partial charge is 0.389 e. The van der Waals surface area contributed by atoms with E-state index < -0.39 is 16.1 Å². The summed E-state index contributed by atoms with van der Waals surface area (Å²) >= 11 is 0. The Labute approximate surface area is 121 Å². The van der Waals surface area contributed by atoms with Gasteiger partial charge in [-0.2, -0.15) is 0 Å². The minimum atomic E-state index is -3.47. The van der Waals surface area contributed by atoms with E-state index in [-0.39, 0.29) is 4.90 Å². The highest BCUT2D eigenvalue weighted by Gasteiger charge is 2.18. The molecule has 4 nitrogen and oxygen atoms in total. The van der Waals surface area contributed by atoms with E-state index in [1.807, 2.05) is 0 Å². The van der Waals surface area contributed by atoms with Crippen molar-refractivity contribution in [1.82, 2.24) is 4.72 Å². The number of hydrogen-bond acceptors (Lipinski definition) is 3. The van der Waals surface area contributed by atoms with Crippen molar-refractivity contribution >= 4 is 10.0 Å². The van der Waals surface area contributed by atoms with Crippen LogP contribution in [-0.2, 0) is 10.0 Å². The maximum absolute atomic E-state index is 12.2. The van der Waals surface area contributed by atoms with E-state index in [0.29, 0.717) is 18.0 Å². The molecule has 20 heavy (non-hydrogen) atoms. The molecular weight excluding hydrogens is 274 g/mol. The van der Waals surface area contributed by atoms with Crippen LogP contribution in [0.15, 0.2) is 29.2 Å². The van der Waals surface area contributed by atoms with Crippen molar-refractivity contribution in [3.05, 3.63) is 29.8 Å². The number of rotatable bonds is 6. The van der Waals surface area contributed by atoms with Gasteiger partial charge in [0.15, 0.2) is 0 Å². The molecule has 112 valence electrons. The molecule has 0 spiro atoms. The van der Waals surface area contributed by atoms with Gasteiger partial charge in [-0.05, 0) is 37.0 Å². The summed E-state index contributed by atoms with van der Waals surface area (Å²) in [7, 11) is -3.47. The van der Waals surface area contributed by atoms with Gasteiger partial charge in [0.1, 0.15) is 0 Å². The summed E-state index contributed by atoms with van der Waals surface area (Å²) in [5.74, 6) is 0.668. The molecule has 1 unspecified atom stereocenters. The molecule has 0 saturated heterocycles. The first kappa shape index (κ1) is 15.5. The third-order valence-electron chi connectivity index (χ3n) is 3.97. The van der Waals surface area contributed by atoms with Crippen LogP contribution in [0.4, 0.5) is 0 Å². The Bertz CT molecular complexity index is 534. The highest BCUT2D eigenvalue weighted by Crippen LogP contribution is 2.27. The monoisotopic (exact) mass is 297 g/mol. The van der Waals surface area contributed by atoms with E-state index in [1.165, 1.54) is 31.7 Å². The molecule has 1 aliphatic carbocycles. The second-order valence-electron chi connectivity index (χ2n) is 5.59. The number of nitrogens with one attached hydrogen (secondary N) is 1. The summed E-state index contributed by atoms with van der Waals surface area (Å²) in [4.78, 5) is 0.224. The Kier molecular flexibility index (Phi) is 5.18. The molecule has 0 aliphatic heterocycles. The van der Waals surface area contributed by atoms with E-state index >= 15 is 0 Å². The zero-order valence-electron chi connectivity index (χ0n) is 11.9. The minimum Gasteiger partial charge on any atom is -0.389 e. The molecule has 2 rings (SSSR count). The van der Waals surface area contributed by atoms with Crippen molar-refractivity contribution < 1.29 is 13.5 Å². The van der Waals surface area contributed by atoms with Crippen molar-refractivity contribution in [2.45, 2.75) is 50.0 Å². The zero-order valence-corrected chi connectivity index (χ0v) is 12.7. The third kappa shape index (κ3) is 4.04. The molecule has 0 aromatic heterocycles. The second-order valence-corrected chi connectivity index (χ2v) is 7.35. The van der Waals surface area contributed by atoms with E-state index in [0.717, 1.165) is 6.42 Å². The molecule has 0 bridgehead atoms. The molecule has 1 aliphatic rings. The first-order valence-corrected chi connectivity index (χ1v) is 8.75. The number of benzene rings is 1. The van der Waals surface area contributed by atoms with Gasteiger partial charge in [0, 0.05) is 6.54 Å². The lowest BCUT2D eigenvalue weighted by Gasteiger charge is -2.12. The van der Waals surface area contributed by atoms with Crippen molar-refractivity contribution in [3.63, 3.8) is 0 Å². The maximum Gasteiger partial charge on any atom is 0.240 e. The minimum absolute atomic E-state index is 0.224. The van der Waals surface area contributed by atoms with E-state index in [1.54, 1.807) is 25.1 Å². The fourth-order valence-corrected chi connectivity index (χ4v) is 3.82. The van der Waals surface area contributed by atoms with Gasteiger partial charge in [-0.1, -0.05) is 37.8 Å².